The van der Waals surface area contributed by atoms with Crippen molar-refractivity contribution in [1.82, 2.24) is 4.90 Å². The molecule has 0 aromatic rings. The predicted octanol–water partition coefficient (Wildman–Crippen LogP) is 0.626. The fraction of sp³-hybridized carbons (Fsp3) is 0.727. The molecular weight excluding hydrogens is 204 g/mol. The molecule has 0 aromatic carbocycles. The molecule has 1 unspecified atom stereocenters. The van der Waals surface area contributed by atoms with Crippen molar-refractivity contribution in [3.05, 3.63) is 0 Å². The first kappa shape index (κ1) is 14.4. The lowest BCUT2D eigenvalue weighted by Crippen LogP contribution is -2.47. The van der Waals surface area contributed by atoms with E-state index in [-0.39, 0.29) is 24.7 Å². The topological polar surface area (TPSA) is 93.9 Å². The lowest BCUT2D eigenvalue weighted by atomic mass is 10.0. The smallest absolute Gasteiger partial charge is 0.239 e. The molecule has 0 fully saturated rings. The molecule has 0 aliphatic carbocycles. The number of nitrogens with two attached hydrogens (primary N) is 1. The van der Waals surface area contributed by atoms with Crippen LogP contribution in [0.15, 0.2) is 0 Å². The van der Waals surface area contributed by atoms with Gasteiger partial charge in [-0.25, -0.2) is 0 Å². The van der Waals surface area contributed by atoms with Crippen LogP contribution in [0.25, 0.3) is 0 Å². The molecule has 0 heterocycles. The standard InChI is InChI=1S/C11H18N4O/c1-9(2)10(14)11(16)15(7-3-5-12)8-4-6-13/h9-10H,3-4,7-8,14H2,1-2H3. The van der Waals surface area contributed by atoms with E-state index in [0.29, 0.717) is 13.1 Å². The summed E-state index contributed by atoms with van der Waals surface area (Å²) in [6, 6.07) is 3.40. The predicted molar refractivity (Wildman–Crippen MR) is 59.9 cm³/mol. The fourth-order valence-corrected chi connectivity index (χ4v) is 1.20. The summed E-state index contributed by atoms with van der Waals surface area (Å²) in [6.07, 6.45) is 0.532. The lowest BCUT2D eigenvalue weighted by Gasteiger charge is -2.25. The molecule has 2 N–H and O–H groups in total. The molecule has 0 bridgehead atoms. The minimum absolute atomic E-state index is 0.0548. The molecule has 0 aromatic heterocycles. The van der Waals surface area contributed by atoms with Gasteiger partial charge in [0, 0.05) is 13.1 Å². The Balaban J connectivity index is 4.44. The van der Waals surface area contributed by atoms with E-state index >= 15 is 0 Å². The number of amides is 1. The van der Waals surface area contributed by atoms with Gasteiger partial charge >= 0.3 is 0 Å². The Morgan fingerprint density at radius 2 is 1.69 bits per heavy atom. The maximum absolute atomic E-state index is 11.9. The molecule has 16 heavy (non-hydrogen) atoms. The van der Waals surface area contributed by atoms with Crippen LogP contribution < -0.4 is 5.73 Å². The van der Waals surface area contributed by atoms with Crippen LogP contribution in [-0.4, -0.2) is 29.9 Å². The second kappa shape index (κ2) is 7.67. The summed E-state index contributed by atoms with van der Waals surface area (Å²) in [5.41, 5.74) is 5.75. The van der Waals surface area contributed by atoms with Gasteiger partial charge in [0.25, 0.3) is 0 Å². The minimum atomic E-state index is -0.558. The van der Waals surface area contributed by atoms with Crippen LogP contribution in [0.2, 0.25) is 0 Å². The van der Waals surface area contributed by atoms with E-state index in [1.807, 2.05) is 26.0 Å². The first-order valence-electron chi connectivity index (χ1n) is 5.32. The molecule has 0 rings (SSSR count). The summed E-state index contributed by atoms with van der Waals surface area (Å²) in [6.45, 7) is 4.43. The van der Waals surface area contributed by atoms with Gasteiger partial charge < -0.3 is 10.6 Å². The van der Waals surface area contributed by atoms with Gasteiger partial charge in [0.1, 0.15) is 0 Å². The zero-order chi connectivity index (χ0) is 12.6. The van der Waals surface area contributed by atoms with Gasteiger partial charge in [0.2, 0.25) is 5.91 Å². The Hall–Kier alpha value is -1.59. The molecule has 0 aliphatic heterocycles. The van der Waals surface area contributed by atoms with Gasteiger partial charge in [0.15, 0.2) is 0 Å². The lowest BCUT2D eigenvalue weighted by molar-refractivity contribution is -0.133. The Kier molecular flexibility index (Phi) is 6.91. The third-order valence-electron chi connectivity index (χ3n) is 2.30. The summed E-state index contributed by atoms with van der Waals surface area (Å²) < 4.78 is 0. The van der Waals surface area contributed by atoms with Crippen LogP contribution in [0, 0.1) is 28.6 Å². The highest BCUT2D eigenvalue weighted by Gasteiger charge is 2.22. The van der Waals surface area contributed by atoms with Crippen molar-refractivity contribution in [1.29, 1.82) is 10.5 Å². The summed E-state index contributed by atoms with van der Waals surface area (Å²) in [7, 11) is 0. The maximum Gasteiger partial charge on any atom is 0.239 e. The van der Waals surface area contributed by atoms with Crippen LogP contribution in [0.4, 0.5) is 0 Å². The van der Waals surface area contributed by atoms with Crippen molar-refractivity contribution in [2.24, 2.45) is 11.7 Å². The Labute approximate surface area is 96.4 Å². The number of nitrogens with zero attached hydrogens (tertiary/aromatic N) is 3. The van der Waals surface area contributed by atoms with Crippen LogP contribution >= 0.6 is 0 Å². The van der Waals surface area contributed by atoms with Crippen molar-refractivity contribution in [3.63, 3.8) is 0 Å². The molecule has 0 saturated heterocycles. The SMILES string of the molecule is CC(C)C(N)C(=O)N(CCC#N)CCC#N. The molecule has 1 atom stereocenters. The number of hydrogen-bond acceptors (Lipinski definition) is 4. The number of rotatable bonds is 6. The Morgan fingerprint density at radius 1 is 1.25 bits per heavy atom. The van der Waals surface area contributed by atoms with Crippen molar-refractivity contribution < 1.29 is 4.79 Å². The van der Waals surface area contributed by atoms with Crippen molar-refractivity contribution in [2.45, 2.75) is 32.7 Å². The molecular formula is C11H18N4O. The Bertz CT molecular complexity index is 282. The molecule has 5 nitrogen and oxygen atoms in total. The van der Waals surface area contributed by atoms with Gasteiger partial charge in [-0.05, 0) is 5.92 Å². The van der Waals surface area contributed by atoms with Gasteiger partial charge in [-0.1, -0.05) is 13.8 Å². The fourth-order valence-electron chi connectivity index (χ4n) is 1.20. The zero-order valence-corrected chi connectivity index (χ0v) is 9.81. The van der Waals surface area contributed by atoms with Crippen molar-refractivity contribution >= 4 is 5.91 Å². The number of carbonyl (C=O) groups excluding carboxylic acids is 1. The molecule has 0 aliphatic rings. The first-order valence-corrected chi connectivity index (χ1v) is 5.32. The summed E-state index contributed by atoms with van der Waals surface area (Å²) >= 11 is 0. The molecule has 5 heteroatoms. The van der Waals surface area contributed by atoms with Gasteiger partial charge in [-0.3, -0.25) is 4.79 Å². The summed E-state index contributed by atoms with van der Waals surface area (Å²) in [4.78, 5) is 13.4. The molecule has 0 saturated carbocycles. The van der Waals surface area contributed by atoms with E-state index in [4.69, 9.17) is 16.3 Å². The third-order valence-corrected chi connectivity index (χ3v) is 2.30. The summed E-state index contributed by atoms with van der Waals surface area (Å²) in [5.74, 6) is -0.125. The highest BCUT2D eigenvalue weighted by molar-refractivity contribution is 5.81. The summed E-state index contributed by atoms with van der Waals surface area (Å²) in [5, 5.41) is 17.0. The number of nitriles is 2. The maximum atomic E-state index is 11.9. The quantitative estimate of drug-likeness (QED) is 0.713. The van der Waals surface area contributed by atoms with Crippen LogP contribution in [0.5, 0.6) is 0 Å². The van der Waals surface area contributed by atoms with E-state index in [9.17, 15) is 4.79 Å². The van der Waals surface area contributed by atoms with Crippen molar-refractivity contribution in [2.75, 3.05) is 13.1 Å². The average Bonchev–Trinajstić information content (AvgIpc) is 2.27. The number of hydrogen-bond donors (Lipinski definition) is 1. The monoisotopic (exact) mass is 222 g/mol. The zero-order valence-electron chi connectivity index (χ0n) is 9.81. The minimum Gasteiger partial charge on any atom is -0.339 e. The van der Waals surface area contributed by atoms with Crippen LogP contribution in [-0.2, 0) is 4.79 Å². The van der Waals surface area contributed by atoms with Crippen LogP contribution in [0.3, 0.4) is 0 Å². The second-order valence-corrected chi connectivity index (χ2v) is 3.91. The van der Waals surface area contributed by atoms with E-state index in [1.165, 1.54) is 4.90 Å². The molecule has 88 valence electrons. The highest BCUT2D eigenvalue weighted by atomic mass is 16.2. The van der Waals surface area contributed by atoms with E-state index in [0.717, 1.165) is 0 Å². The third kappa shape index (κ3) is 4.77. The number of carbonyl (C=O) groups is 1. The van der Waals surface area contributed by atoms with Crippen molar-refractivity contribution in [3.8, 4) is 12.1 Å². The van der Waals surface area contributed by atoms with Gasteiger partial charge in [-0.15, -0.1) is 0 Å². The van der Waals surface area contributed by atoms with E-state index in [1.54, 1.807) is 0 Å². The van der Waals surface area contributed by atoms with Gasteiger partial charge in [-0.2, -0.15) is 10.5 Å². The normalized spacial score (nSPS) is 11.6. The highest BCUT2D eigenvalue weighted by Crippen LogP contribution is 2.05. The molecule has 0 spiro atoms. The van der Waals surface area contributed by atoms with E-state index < -0.39 is 6.04 Å². The Morgan fingerprint density at radius 3 is 2.00 bits per heavy atom. The van der Waals surface area contributed by atoms with Crippen LogP contribution in [0.1, 0.15) is 26.7 Å². The largest absolute Gasteiger partial charge is 0.339 e. The van der Waals surface area contributed by atoms with Gasteiger partial charge in [0.05, 0.1) is 31.0 Å². The first-order chi connectivity index (χ1) is 7.54. The molecule has 1 amide bonds. The second-order valence-electron chi connectivity index (χ2n) is 3.91. The average molecular weight is 222 g/mol. The van der Waals surface area contributed by atoms with E-state index in [2.05, 4.69) is 0 Å². The molecule has 0 radical (unpaired) electrons.